The number of imidazole rings is 1. The van der Waals surface area contributed by atoms with Gasteiger partial charge >= 0.3 is 6.09 Å². The summed E-state index contributed by atoms with van der Waals surface area (Å²) < 4.78 is 33.7. The Balaban J connectivity index is 1.54. The molecular weight excluding hydrogens is 660 g/mol. The van der Waals surface area contributed by atoms with Gasteiger partial charge in [-0.3, -0.25) is 9.59 Å². The van der Waals surface area contributed by atoms with E-state index in [0.717, 1.165) is 37.7 Å². The molecule has 2 aromatic carbocycles. The van der Waals surface area contributed by atoms with Crippen LogP contribution in [0.4, 0.5) is 4.79 Å². The molecule has 1 aromatic heterocycles. The fourth-order valence-electron chi connectivity index (χ4n) is 6.00. The van der Waals surface area contributed by atoms with Gasteiger partial charge in [-0.05, 0) is 50.8 Å². The highest BCUT2D eigenvalue weighted by atomic mass is 32.2. The van der Waals surface area contributed by atoms with Crippen molar-refractivity contribution >= 4 is 27.9 Å². The maximum atomic E-state index is 14.1. The average Bonchev–Trinajstić information content (AvgIpc) is 3.60. The van der Waals surface area contributed by atoms with E-state index in [9.17, 15) is 27.9 Å². The molecule has 50 heavy (non-hydrogen) atoms. The molecule has 0 bridgehead atoms. The number of hydrogen-bond acceptors (Lipinski definition) is 8. The lowest BCUT2D eigenvalue weighted by Gasteiger charge is -2.32. The van der Waals surface area contributed by atoms with Gasteiger partial charge in [-0.1, -0.05) is 80.6 Å². The Morgan fingerprint density at radius 2 is 1.52 bits per heavy atom. The molecule has 0 unspecified atom stereocenters. The van der Waals surface area contributed by atoms with E-state index in [0.29, 0.717) is 12.1 Å². The molecule has 1 fully saturated rings. The molecule has 1 saturated carbocycles. The second-order valence-electron chi connectivity index (χ2n) is 13.8. The fourth-order valence-corrected chi connectivity index (χ4v) is 7.08. The van der Waals surface area contributed by atoms with Gasteiger partial charge in [0.2, 0.25) is 21.8 Å². The molecule has 1 aliphatic rings. The quantitative estimate of drug-likeness (QED) is 0.130. The van der Waals surface area contributed by atoms with Gasteiger partial charge in [-0.25, -0.2) is 22.9 Å². The number of carbonyl (C=O) groups excluding carboxylic acids is 3. The first-order chi connectivity index (χ1) is 23.8. The monoisotopic (exact) mass is 710 g/mol. The predicted molar refractivity (Wildman–Crippen MR) is 188 cm³/mol. The summed E-state index contributed by atoms with van der Waals surface area (Å²) in [5.41, 5.74) is 0.557. The van der Waals surface area contributed by atoms with Gasteiger partial charge in [0, 0.05) is 31.3 Å². The van der Waals surface area contributed by atoms with Crippen LogP contribution in [0.1, 0.15) is 70.6 Å². The normalized spacial score (nSPS) is 16.4. The summed E-state index contributed by atoms with van der Waals surface area (Å²) in [6.45, 7) is 4.82. The zero-order valence-corrected chi connectivity index (χ0v) is 29.7. The van der Waals surface area contributed by atoms with E-state index in [-0.39, 0.29) is 30.2 Å². The number of sulfonamides is 1. The zero-order chi connectivity index (χ0) is 36.1. The summed E-state index contributed by atoms with van der Waals surface area (Å²) in [4.78, 5) is 47.8. The summed E-state index contributed by atoms with van der Waals surface area (Å²) in [5.74, 6) is -0.961. The van der Waals surface area contributed by atoms with Crippen molar-refractivity contribution in [2.24, 2.45) is 5.92 Å². The van der Waals surface area contributed by atoms with Crippen LogP contribution in [-0.2, 0) is 37.2 Å². The number of H-pyrrole nitrogens is 1. The Kier molecular flexibility index (Phi) is 14.0. The first-order valence-corrected chi connectivity index (χ1v) is 18.6. The van der Waals surface area contributed by atoms with E-state index in [1.165, 1.54) is 18.5 Å². The van der Waals surface area contributed by atoms with E-state index in [2.05, 4.69) is 30.6 Å². The summed E-state index contributed by atoms with van der Waals surface area (Å²) in [6, 6.07) is 14.0. The minimum atomic E-state index is -3.91. The number of alkyl carbamates (subject to hydrolysis) is 1. The van der Waals surface area contributed by atoms with Crippen LogP contribution in [0, 0.1) is 5.92 Å². The lowest BCUT2D eigenvalue weighted by molar-refractivity contribution is -0.131. The van der Waals surface area contributed by atoms with Crippen LogP contribution in [0.3, 0.4) is 0 Å². The summed E-state index contributed by atoms with van der Waals surface area (Å²) in [7, 11) is -3.91. The van der Waals surface area contributed by atoms with Crippen molar-refractivity contribution in [3.05, 3.63) is 84.4 Å². The molecule has 0 radical (unpaired) electrons. The highest BCUT2D eigenvalue weighted by Gasteiger charge is 2.33. The van der Waals surface area contributed by atoms with Gasteiger partial charge < -0.3 is 30.8 Å². The highest BCUT2D eigenvalue weighted by Crippen LogP contribution is 2.28. The van der Waals surface area contributed by atoms with Crippen LogP contribution in [0.15, 0.2) is 78.1 Å². The standard InChI is InChI=1S/C36H50N6O7S/c1-36(2,3)49-35(46)42-30(20-26-15-9-5-10-16-26)33(44)41-31(21-27-22-37-24-38-27)34(45)40-29(19-25-13-7-4-8-14-25)32(43)23-39-50(47,48)28-17-11-6-12-18-28/h5-6,9-12,15-18,22,24-25,29-32,39,43H,4,7-8,13-14,19-21,23H2,1-3H3,(H,37,38)(H,40,45)(H,41,44)(H,42,46)/t29-,30-,31-,32-/m0/s1. The van der Waals surface area contributed by atoms with Crippen molar-refractivity contribution in [2.45, 2.75) is 107 Å². The second kappa shape index (κ2) is 18.1. The molecule has 3 aromatic rings. The molecule has 13 nitrogen and oxygen atoms in total. The molecule has 1 aliphatic carbocycles. The summed E-state index contributed by atoms with van der Waals surface area (Å²) in [6.07, 6.45) is 6.61. The van der Waals surface area contributed by atoms with Crippen molar-refractivity contribution in [3.63, 3.8) is 0 Å². The number of aromatic amines is 1. The fraction of sp³-hybridized carbons (Fsp3) is 0.500. The Hall–Kier alpha value is -4.27. The van der Waals surface area contributed by atoms with Crippen molar-refractivity contribution in [1.29, 1.82) is 0 Å². The van der Waals surface area contributed by atoms with Crippen LogP contribution in [0.2, 0.25) is 0 Å². The van der Waals surface area contributed by atoms with E-state index >= 15 is 0 Å². The second-order valence-corrected chi connectivity index (χ2v) is 15.6. The third-order valence-corrected chi connectivity index (χ3v) is 9.98. The van der Waals surface area contributed by atoms with Gasteiger partial charge in [-0.15, -0.1) is 0 Å². The Morgan fingerprint density at radius 3 is 2.14 bits per heavy atom. The van der Waals surface area contributed by atoms with E-state index in [4.69, 9.17) is 4.74 Å². The molecule has 6 N–H and O–H groups in total. The Morgan fingerprint density at radius 1 is 0.900 bits per heavy atom. The van der Waals surface area contributed by atoms with Crippen molar-refractivity contribution in [1.82, 2.24) is 30.6 Å². The van der Waals surface area contributed by atoms with E-state index < -0.39 is 57.8 Å². The SMILES string of the molecule is CC(C)(C)OC(=O)N[C@@H](Cc1ccccc1)C(=O)N[C@@H](Cc1cnc[nH]1)C(=O)N[C@@H](CC1CCCCC1)[C@@H](O)CNS(=O)(=O)c1ccccc1. The summed E-state index contributed by atoms with van der Waals surface area (Å²) >= 11 is 0. The minimum Gasteiger partial charge on any atom is -0.444 e. The van der Waals surface area contributed by atoms with Crippen molar-refractivity contribution in [2.75, 3.05) is 6.54 Å². The number of rotatable bonds is 16. The molecular formula is C36H50N6O7S. The third-order valence-electron chi connectivity index (χ3n) is 8.54. The first kappa shape index (κ1) is 38.5. The Bertz CT molecular complexity index is 1610. The maximum Gasteiger partial charge on any atom is 0.408 e. The van der Waals surface area contributed by atoms with Gasteiger partial charge in [0.15, 0.2) is 0 Å². The third kappa shape index (κ3) is 12.6. The van der Waals surface area contributed by atoms with Crippen LogP contribution in [-0.4, -0.2) is 77.8 Å². The minimum absolute atomic E-state index is 0.0367. The topological polar surface area (TPSA) is 192 Å². The van der Waals surface area contributed by atoms with Crippen LogP contribution < -0.4 is 20.7 Å². The first-order valence-electron chi connectivity index (χ1n) is 17.1. The average molecular weight is 711 g/mol. The van der Waals surface area contributed by atoms with Gasteiger partial charge in [0.25, 0.3) is 0 Å². The highest BCUT2D eigenvalue weighted by molar-refractivity contribution is 7.89. The molecule has 0 aliphatic heterocycles. The number of nitrogens with one attached hydrogen (secondary N) is 5. The molecule has 3 amide bonds. The maximum absolute atomic E-state index is 14.1. The van der Waals surface area contributed by atoms with Crippen LogP contribution in [0.25, 0.3) is 0 Å². The van der Waals surface area contributed by atoms with E-state index in [1.807, 2.05) is 30.3 Å². The Labute approximate surface area is 294 Å². The number of nitrogens with zero attached hydrogens (tertiary/aromatic N) is 1. The lowest BCUT2D eigenvalue weighted by Crippen LogP contribution is -2.58. The summed E-state index contributed by atoms with van der Waals surface area (Å²) in [5, 5.41) is 19.7. The van der Waals surface area contributed by atoms with Crippen molar-refractivity contribution in [3.8, 4) is 0 Å². The number of aromatic nitrogens is 2. The van der Waals surface area contributed by atoms with Gasteiger partial charge in [0.1, 0.15) is 17.7 Å². The molecule has 1 heterocycles. The largest absolute Gasteiger partial charge is 0.444 e. The predicted octanol–water partition coefficient (Wildman–Crippen LogP) is 3.37. The van der Waals surface area contributed by atoms with Crippen molar-refractivity contribution < 1.29 is 32.6 Å². The zero-order valence-electron chi connectivity index (χ0n) is 28.9. The molecule has 272 valence electrons. The van der Waals surface area contributed by atoms with Crippen LogP contribution >= 0.6 is 0 Å². The smallest absolute Gasteiger partial charge is 0.408 e. The molecule has 0 saturated heterocycles. The van der Waals surface area contributed by atoms with E-state index in [1.54, 1.807) is 45.2 Å². The number of benzene rings is 2. The number of aliphatic hydroxyl groups excluding tert-OH is 1. The molecule has 14 heteroatoms. The number of aliphatic hydroxyl groups is 1. The van der Waals surface area contributed by atoms with Gasteiger partial charge in [-0.2, -0.15) is 0 Å². The number of ether oxygens (including phenoxy) is 1. The number of carbonyl (C=O) groups is 3. The lowest BCUT2D eigenvalue weighted by atomic mass is 9.83. The van der Waals surface area contributed by atoms with Gasteiger partial charge in [0.05, 0.1) is 23.4 Å². The van der Waals surface area contributed by atoms with Crippen LogP contribution in [0.5, 0.6) is 0 Å². The number of hydrogen-bond donors (Lipinski definition) is 6. The molecule has 4 atom stereocenters. The molecule has 0 spiro atoms. The number of amides is 3. The molecule has 4 rings (SSSR count).